The highest BCUT2D eigenvalue weighted by molar-refractivity contribution is 7.91. The van der Waals surface area contributed by atoms with Crippen LogP contribution in [0.3, 0.4) is 0 Å². The first-order valence-electron chi connectivity index (χ1n) is 20.0. The predicted molar refractivity (Wildman–Crippen MR) is 203 cm³/mol. The van der Waals surface area contributed by atoms with Crippen molar-refractivity contribution in [3.8, 4) is 0 Å². The highest BCUT2D eigenvalue weighted by Gasteiger charge is 2.70. The van der Waals surface area contributed by atoms with E-state index in [1.165, 1.54) is 68.1 Å². The summed E-state index contributed by atoms with van der Waals surface area (Å²) in [6, 6.07) is 0. The number of fused-ring (bicyclic) bond motifs is 7. The zero-order valence-electron chi connectivity index (χ0n) is 31.9. The number of sulfone groups is 1. The molecule has 280 valence electrons. The maximum absolute atomic E-state index is 12.0. The molecular formula is C42H65ClN2O4S. The minimum Gasteiger partial charge on any atom is -0.445 e. The van der Waals surface area contributed by atoms with Crippen molar-refractivity contribution in [1.29, 1.82) is 0 Å². The second-order valence-corrected chi connectivity index (χ2v) is 22.3. The molecule has 0 radical (unpaired) electrons. The van der Waals surface area contributed by atoms with Gasteiger partial charge in [0.1, 0.15) is 0 Å². The van der Waals surface area contributed by atoms with E-state index in [2.05, 4.69) is 70.5 Å². The first-order valence-corrected chi connectivity index (χ1v) is 22.2. The summed E-state index contributed by atoms with van der Waals surface area (Å²) in [5.41, 5.74) is 5.40. The molecule has 0 amide bonds. The molecule has 1 aliphatic heterocycles. The molecule has 7 aliphatic rings. The third-order valence-corrected chi connectivity index (χ3v) is 19.1. The van der Waals surface area contributed by atoms with Crippen LogP contribution in [-0.2, 0) is 19.4 Å². The summed E-state index contributed by atoms with van der Waals surface area (Å²) < 4.78 is 29.3. The van der Waals surface area contributed by atoms with E-state index < -0.39 is 14.9 Å². The molecule has 50 heavy (non-hydrogen) atoms. The summed E-state index contributed by atoms with van der Waals surface area (Å²) in [5, 5.41) is 3.32. The number of nitrogens with one attached hydrogen (secondary N) is 1. The lowest BCUT2D eigenvalue weighted by Gasteiger charge is -2.72. The number of rotatable bonds is 8. The predicted octanol–water partition coefficient (Wildman–Crippen LogP) is 8.47. The molecule has 0 spiro atoms. The lowest BCUT2D eigenvalue weighted by Crippen LogP contribution is -2.68. The van der Waals surface area contributed by atoms with Gasteiger partial charge in [-0.1, -0.05) is 70.5 Å². The summed E-state index contributed by atoms with van der Waals surface area (Å²) in [6.07, 6.45) is 18.4. The zero-order chi connectivity index (χ0) is 36.0. The summed E-state index contributed by atoms with van der Waals surface area (Å²) in [4.78, 5) is 13.4. The van der Waals surface area contributed by atoms with Crippen LogP contribution in [0.5, 0.6) is 0 Å². The molecule has 5 fully saturated rings. The molecule has 1 heterocycles. The van der Waals surface area contributed by atoms with Crippen molar-refractivity contribution in [2.45, 2.75) is 129 Å². The highest BCUT2D eigenvalue weighted by Crippen LogP contribution is 2.76. The lowest BCUT2D eigenvalue weighted by atomic mass is 9.33. The van der Waals surface area contributed by atoms with Gasteiger partial charge >= 0.3 is 0 Å². The van der Waals surface area contributed by atoms with Gasteiger partial charge in [0.2, 0.25) is 0 Å². The van der Waals surface area contributed by atoms with E-state index in [9.17, 15) is 13.2 Å². The topological polar surface area (TPSA) is 75.7 Å². The summed E-state index contributed by atoms with van der Waals surface area (Å²) in [7, 11) is -2.86. The zero-order valence-corrected chi connectivity index (χ0v) is 33.5. The van der Waals surface area contributed by atoms with Gasteiger partial charge in [0.15, 0.2) is 14.9 Å². The van der Waals surface area contributed by atoms with Gasteiger partial charge in [-0.2, -0.15) is 0 Å². The van der Waals surface area contributed by atoms with Gasteiger partial charge in [-0.15, -0.1) is 0 Å². The van der Waals surface area contributed by atoms with Gasteiger partial charge in [-0.3, -0.25) is 4.79 Å². The van der Waals surface area contributed by atoms with Crippen LogP contribution in [0, 0.1) is 51.2 Å². The molecule has 1 N–H and O–H groups in total. The second-order valence-electron chi connectivity index (χ2n) is 19.3. The molecule has 0 aromatic carbocycles. The fourth-order valence-corrected chi connectivity index (χ4v) is 15.8. The minimum absolute atomic E-state index is 0.0798. The Bertz CT molecular complexity index is 1540. The normalized spacial score (nSPS) is 46.7. The van der Waals surface area contributed by atoms with Gasteiger partial charge < -0.3 is 15.0 Å². The number of ether oxygens (including phenoxy) is 1. The minimum atomic E-state index is -2.86. The van der Waals surface area contributed by atoms with Crippen LogP contribution >= 0.6 is 11.6 Å². The molecule has 0 aromatic heterocycles. The van der Waals surface area contributed by atoms with Gasteiger partial charge in [-0.05, 0) is 134 Å². The van der Waals surface area contributed by atoms with Crippen molar-refractivity contribution >= 4 is 27.9 Å². The van der Waals surface area contributed by atoms with E-state index in [1.807, 2.05) is 0 Å². The number of carbonyl (C=O) groups is 1. The Morgan fingerprint density at radius 2 is 1.70 bits per heavy atom. The molecular weight excluding hydrogens is 664 g/mol. The molecule has 1 saturated heterocycles. The third-order valence-electron chi connectivity index (χ3n) is 17.0. The van der Waals surface area contributed by atoms with Crippen molar-refractivity contribution in [3.63, 3.8) is 0 Å². The molecule has 1 unspecified atom stereocenters. The maximum atomic E-state index is 12.0. The Balaban J connectivity index is 1.13. The molecule has 0 bridgehead atoms. The van der Waals surface area contributed by atoms with Crippen molar-refractivity contribution in [3.05, 3.63) is 35.5 Å². The summed E-state index contributed by atoms with van der Waals surface area (Å²) in [5.74, 6) is 3.82. The summed E-state index contributed by atoms with van der Waals surface area (Å²) in [6.45, 7) is 23.8. The standard InChI is InChI=1S/C42H65ClN2O4S/c1-29(2)31-12-17-41(44-22-23-45-24-26-50(47,48)27-25-45)21-20-39(6)33(36(31)41)8-9-35-38(5)15-13-32(30-10-18-42(43,19-11-30)49-28-46)37(3,4)34(38)14-16-40(35,39)7/h10,13,28,31,33-36,44H,1,8-9,11-12,14-27H2,2-7H3/t31-,33+,34-,35+,36+,38-,39+,40+,41-,42?/m0/s1. The smallest absolute Gasteiger partial charge is 0.294 e. The SMILES string of the molecule is C=C(C)[C@@H]1CC[C@]2(NCCN3CCS(=O)(=O)CC3)CC[C@]3(C)[C@H](CC[C@@H]4[C@@]5(C)CC=C(C6=CCC(Cl)(OC=O)CC6)C(C)(C)[C@@H]5CC[C@]43C)[C@@H]12. The summed E-state index contributed by atoms with van der Waals surface area (Å²) >= 11 is 6.63. The Morgan fingerprint density at radius 3 is 2.36 bits per heavy atom. The van der Waals surface area contributed by atoms with Crippen molar-refractivity contribution < 1.29 is 17.9 Å². The van der Waals surface area contributed by atoms with Crippen LogP contribution in [0.25, 0.3) is 0 Å². The van der Waals surface area contributed by atoms with Crippen molar-refractivity contribution in [2.24, 2.45) is 51.2 Å². The monoisotopic (exact) mass is 728 g/mol. The quantitative estimate of drug-likeness (QED) is 0.154. The largest absolute Gasteiger partial charge is 0.445 e. The molecule has 0 aromatic rings. The molecule has 6 aliphatic carbocycles. The Kier molecular flexibility index (Phi) is 9.46. The van der Waals surface area contributed by atoms with E-state index >= 15 is 0 Å². The molecule has 10 atom stereocenters. The average Bonchev–Trinajstić information content (AvgIpc) is 3.43. The van der Waals surface area contributed by atoms with Crippen LogP contribution in [-0.4, -0.2) is 68.1 Å². The second kappa shape index (κ2) is 12.7. The van der Waals surface area contributed by atoms with E-state index in [-0.39, 0.29) is 16.4 Å². The molecule has 6 nitrogen and oxygen atoms in total. The van der Waals surface area contributed by atoms with E-state index in [0.29, 0.717) is 84.3 Å². The van der Waals surface area contributed by atoms with Gasteiger partial charge in [-0.25, -0.2) is 8.42 Å². The third kappa shape index (κ3) is 5.75. The number of halogens is 1. The number of carbonyl (C=O) groups excluding carboxylic acids is 1. The first kappa shape index (κ1) is 37.2. The Labute approximate surface area is 308 Å². The molecule has 8 heteroatoms. The Hall–Kier alpha value is -1.15. The van der Waals surface area contributed by atoms with Crippen LogP contribution in [0.1, 0.15) is 119 Å². The van der Waals surface area contributed by atoms with Crippen LogP contribution in [0.2, 0.25) is 0 Å². The number of nitrogens with zero attached hydrogens (tertiary/aromatic N) is 1. The number of alkyl halides is 1. The average molecular weight is 730 g/mol. The van der Waals surface area contributed by atoms with Crippen LogP contribution in [0.15, 0.2) is 35.5 Å². The fraction of sp³-hybridized carbons (Fsp3) is 0.833. The fourth-order valence-electron chi connectivity index (χ4n) is 14.3. The van der Waals surface area contributed by atoms with Crippen molar-refractivity contribution in [2.75, 3.05) is 37.7 Å². The van der Waals surface area contributed by atoms with Crippen LogP contribution in [0.4, 0.5) is 0 Å². The molecule has 4 saturated carbocycles. The number of allylic oxidation sites excluding steroid dienone is 4. The van der Waals surface area contributed by atoms with Gasteiger partial charge in [0.05, 0.1) is 11.5 Å². The van der Waals surface area contributed by atoms with Gasteiger partial charge in [0.25, 0.3) is 6.47 Å². The Morgan fingerprint density at radius 1 is 0.960 bits per heavy atom. The maximum Gasteiger partial charge on any atom is 0.294 e. The van der Waals surface area contributed by atoms with Crippen molar-refractivity contribution in [1.82, 2.24) is 10.2 Å². The van der Waals surface area contributed by atoms with Crippen LogP contribution < -0.4 is 5.32 Å². The first-order chi connectivity index (χ1) is 23.4. The molecule has 7 rings (SSSR count). The lowest BCUT2D eigenvalue weighted by molar-refractivity contribution is -0.221. The number of hydrogen-bond donors (Lipinski definition) is 1. The highest BCUT2D eigenvalue weighted by atomic mass is 35.5. The van der Waals surface area contributed by atoms with E-state index in [1.54, 1.807) is 0 Å². The number of hydrogen-bond acceptors (Lipinski definition) is 6. The van der Waals surface area contributed by atoms with E-state index in [4.69, 9.17) is 16.3 Å². The van der Waals surface area contributed by atoms with E-state index in [0.717, 1.165) is 25.9 Å². The van der Waals surface area contributed by atoms with Gasteiger partial charge in [0, 0.05) is 44.6 Å².